The predicted octanol–water partition coefficient (Wildman–Crippen LogP) is 2.14. The van der Waals surface area contributed by atoms with Crippen molar-refractivity contribution in [2.24, 2.45) is 0 Å². The molecule has 0 bridgehead atoms. The van der Waals surface area contributed by atoms with E-state index in [1.165, 1.54) is 12.8 Å². The van der Waals surface area contributed by atoms with Gasteiger partial charge in [0.1, 0.15) is 11.5 Å². The SMILES string of the molecule is COc1ccc(CNCCCCN(C)C)c(OC)c1. The fourth-order valence-corrected chi connectivity index (χ4v) is 1.90. The van der Waals surface area contributed by atoms with Crippen molar-refractivity contribution in [2.75, 3.05) is 41.4 Å². The average molecular weight is 266 g/mol. The van der Waals surface area contributed by atoms with E-state index in [4.69, 9.17) is 9.47 Å². The predicted molar refractivity (Wildman–Crippen MR) is 79.0 cm³/mol. The third kappa shape index (κ3) is 5.94. The maximum atomic E-state index is 5.37. The summed E-state index contributed by atoms with van der Waals surface area (Å²) in [4.78, 5) is 2.21. The molecule has 0 aliphatic heterocycles. The molecule has 0 saturated carbocycles. The normalized spacial score (nSPS) is 10.8. The average Bonchev–Trinajstić information content (AvgIpc) is 2.42. The van der Waals surface area contributed by atoms with E-state index in [0.29, 0.717) is 0 Å². The van der Waals surface area contributed by atoms with Crippen LogP contribution in [0, 0.1) is 0 Å². The van der Waals surface area contributed by atoms with Gasteiger partial charge in [0, 0.05) is 18.2 Å². The largest absolute Gasteiger partial charge is 0.497 e. The van der Waals surface area contributed by atoms with Crippen LogP contribution in [0.25, 0.3) is 0 Å². The van der Waals surface area contributed by atoms with Crippen LogP contribution in [0.3, 0.4) is 0 Å². The van der Waals surface area contributed by atoms with E-state index in [2.05, 4.69) is 24.3 Å². The van der Waals surface area contributed by atoms with E-state index in [1.807, 2.05) is 18.2 Å². The van der Waals surface area contributed by atoms with Gasteiger partial charge in [-0.15, -0.1) is 0 Å². The summed E-state index contributed by atoms with van der Waals surface area (Å²) in [6.45, 7) is 3.01. The highest BCUT2D eigenvalue weighted by Crippen LogP contribution is 2.24. The lowest BCUT2D eigenvalue weighted by Gasteiger charge is -2.12. The standard InChI is InChI=1S/C15H26N2O2/c1-17(2)10-6-5-9-16-12-13-7-8-14(18-3)11-15(13)19-4/h7-8,11,16H,5-6,9-10,12H2,1-4H3. The second kappa shape index (κ2) is 8.77. The van der Waals surface area contributed by atoms with Crippen LogP contribution >= 0.6 is 0 Å². The Hall–Kier alpha value is -1.26. The summed E-state index contributed by atoms with van der Waals surface area (Å²) in [5, 5.41) is 3.45. The molecular weight excluding hydrogens is 240 g/mol. The molecule has 0 aromatic heterocycles. The molecule has 4 nitrogen and oxygen atoms in total. The van der Waals surface area contributed by atoms with Crippen LogP contribution < -0.4 is 14.8 Å². The van der Waals surface area contributed by atoms with Crippen LogP contribution in [0.1, 0.15) is 18.4 Å². The van der Waals surface area contributed by atoms with Gasteiger partial charge in [-0.3, -0.25) is 0 Å². The zero-order valence-electron chi connectivity index (χ0n) is 12.5. The highest BCUT2D eigenvalue weighted by molar-refractivity contribution is 5.40. The summed E-state index contributed by atoms with van der Waals surface area (Å²) in [6, 6.07) is 5.93. The van der Waals surface area contributed by atoms with Crippen molar-refractivity contribution in [3.8, 4) is 11.5 Å². The van der Waals surface area contributed by atoms with Crippen molar-refractivity contribution in [1.29, 1.82) is 0 Å². The smallest absolute Gasteiger partial charge is 0.127 e. The van der Waals surface area contributed by atoms with Crippen molar-refractivity contribution in [3.05, 3.63) is 23.8 Å². The van der Waals surface area contributed by atoms with Gasteiger partial charge in [0.15, 0.2) is 0 Å². The molecular formula is C15H26N2O2. The molecule has 0 atom stereocenters. The zero-order valence-corrected chi connectivity index (χ0v) is 12.5. The Morgan fingerprint density at radius 1 is 1.11 bits per heavy atom. The Labute approximate surface area is 116 Å². The first-order valence-electron chi connectivity index (χ1n) is 6.73. The molecule has 0 spiro atoms. The van der Waals surface area contributed by atoms with Gasteiger partial charge in [-0.1, -0.05) is 6.07 Å². The third-order valence-corrected chi connectivity index (χ3v) is 3.02. The lowest BCUT2D eigenvalue weighted by molar-refractivity contribution is 0.386. The highest BCUT2D eigenvalue weighted by Gasteiger charge is 2.04. The van der Waals surface area contributed by atoms with Gasteiger partial charge >= 0.3 is 0 Å². The van der Waals surface area contributed by atoms with Crippen LogP contribution in [0.5, 0.6) is 11.5 Å². The fraction of sp³-hybridized carbons (Fsp3) is 0.600. The number of nitrogens with one attached hydrogen (secondary N) is 1. The van der Waals surface area contributed by atoms with Gasteiger partial charge < -0.3 is 19.7 Å². The summed E-state index contributed by atoms with van der Waals surface area (Å²) >= 11 is 0. The topological polar surface area (TPSA) is 33.7 Å². The Balaban J connectivity index is 2.32. The maximum absolute atomic E-state index is 5.37. The molecule has 0 saturated heterocycles. The first-order valence-corrected chi connectivity index (χ1v) is 6.73. The summed E-state index contributed by atoms with van der Waals surface area (Å²) in [7, 11) is 7.57. The van der Waals surface area contributed by atoms with Crippen molar-refractivity contribution in [1.82, 2.24) is 10.2 Å². The summed E-state index contributed by atoms with van der Waals surface area (Å²) in [6.07, 6.45) is 2.41. The molecule has 1 aromatic rings. The molecule has 19 heavy (non-hydrogen) atoms. The van der Waals surface area contributed by atoms with E-state index in [-0.39, 0.29) is 0 Å². The van der Waals surface area contributed by atoms with E-state index in [1.54, 1.807) is 14.2 Å². The molecule has 0 heterocycles. The van der Waals surface area contributed by atoms with Crippen LogP contribution in [0.2, 0.25) is 0 Å². The van der Waals surface area contributed by atoms with Crippen molar-refractivity contribution < 1.29 is 9.47 Å². The monoisotopic (exact) mass is 266 g/mol. The third-order valence-electron chi connectivity index (χ3n) is 3.02. The first kappa shape index (κ1) is 15.8. The molecule has 0 aliphatic carbocycles. The molecule has 0 fully saturated rings. The lowest BCUT2D eigenvalue weighted by atomic mass is 10.2. The lowest BCUT2D eigenvalue weighted by Crippen LogP contribution is -2.18. The van der Waals surface area contributed by atoms with Crippen molar-refractivity contribution >= 4 is 0 Å². The molecule has 0 aliphatic rings. The molecule has 108 valence electrons. The second-order valence-electron chi connectivity index (χ2n) is 4.86. The molecule has 1 rings (SSSR count). The number of unbranched alkanes of at least 4 members (excludes halogenated alkanes) is 1. The Morgan fingerprint density at radius 2 is 1.89 bits per heavy atom. The summed E-state index contributed by atoms with van der Waals surface area (Å²) in [5.41, 5.74) is 1.16. The van der Waals surface area contributed by atoms with Crippen LogP contribution in [-0.4, -0.2) is 46.3 Å². The van der Waals surface area contributed by atoms with Crippen LogP contribution in [0.4, 0.5) is 0 Å². The minimum atomic E-state index is 0.826. The number of rotatable bonds is 9. The molecule has 4 heteroatoms. The Bertz CT molecular complexity index is 367. The number of ether oxygens (including phenoxy) is 2. The van der Waals surface area contributed by atoms with Crippen LogP contribution in [0.15, 0.2) is 18.2 Å². The zero-order chi connectivity index (χ0) is 14.1. The van der Waals surface area contributed by atoms with Gasteiger partial charge in [-0.2, -0.15) is 0 Å². The molecule has 0 unspecified atom stereocenters. The van der Waals surface area contributed by atoms with Crippen LogP contribution in [-0.2, 0) is 6.54 Å². The number of benzene rings is 1. The number of hydrogen-bond donors (Lipinski definition) is 1. The van der Waals surface area contributed by atoms with Gasteiger partial charge in [-0.25, -0.2) is 0 Å². The molecule has 1 N–H and O–H groups in total. The highest BCUT2D eigenvalue weighted by atomic mass is 16.5. The van der Waals surface area contributed by atoms with E-state index in [0.717, 1.165) is 36.7 Å². The quantitative estimate of drug-likeness (QED) is 0.694. The molecule has 1 aromatic carbocycles. The number of hydrogen-bond acceptors (Lipinski definition) is 4. The maximum Gasteiger partial charge on any atom is 0.127 e. The van der Waals surface area contributed by atoms with Gasteiger partial charge in [-0.05, 0) is 46.1 Å². The fourth-order valence-electron chi connectivity index (χ4n) is 1.90. The van der Waals surface area contributed by atoms with Gasteiger partial charge in [0.2, 0.25) is 0 Å². The van der Waals surface area contributed by atoms with Crippen molar-refractivity contribution in [2.45, 2.75) is 19.4 Å². The van der Waals surface area contributed by atoms with E-state index in [9.17, 15) is 0 Å². The van der Waals surface area contributed by atoms with Gasteiger partial charge in [0.25, 0.3) is 0 Å². The Morgan fingerprint density at radius 3 is 2.53 bits per heavy atom. The second-order valence-corrected chi connectivity index (χ2v) is 4.86. The minimum Gasteiger partial charge on any atom is -0.497 e. The van der Waals surface area contributed by atoms with E-state index < -0.39 is 0 Å². The molecule has 0 amide bonds. The van der Waals surface area contributed by atoms with Gasteiger partial charge in [0.05, 0.1) is 14.2 Å². The minimum absolute atomic E-state index is 0.826. The summed E-state index contributed by atoms with van der Waals surface area (Å²) < 4.78 is 10.6. The number of methoxy groups -OCH3 is 2. The van der Waals surface area contributed by atoms with Crippen molar-refractivity contribution in [3.63, 3.8) is 0 Å². The molecule has 0 radical (unpaired) electrons. The number of nitrogens with zero attached hydrogens (tertiary/aromatic N) is 1. The first-order chi connectivity index (χ1) is 9.17. The van der Waals surface area contributed by atoms with E-state index >= 15 is 0 Å². The Kier molecular flexibility index (Phi) is 7.30. The summed E-state index contributed by atoms with van der Waals surface area (Å²) in [5.74, 6) is 1.70.